The largest absolute Gasteiger partial charge is 0.382 e. The first-order valence-corrected chi connectivity index (χ1v) is 5.43. The fourth-order valence-corrected chi connectivity index (χ4v) is 1.53. The average Bonchev–Trinajstić information content (AvgIpc) is 2.26. The Morgan fingerprint density at radius 3 is 2.87 bits per heavy atom. The summed E-state index contributed by atoms with van der Waals surface area (Å²) in [5.74, 6) is 0. The highest BCUT2D eigenvalue weighted by Gasteiger charge is 2.02. The van der Waals surface area contributed by atoms with Gasteiger partial charge in [0, 0.05) is 23.8 Å². The molecular weight excluding hydrogens is 256 g/mol. The van der Waals surface area contributed by atoms with Crippen LogP contribution in [0.1, 0.15) is 12.5 Å². The zero-order valence-electron chi connectivity index (χ0n) is 8.75. The number of halogens is 1. The number of benzene rings is 1. The third kappa shape index (κ3) is 3.54. The Kier molecular flexibility index (Phi) is 4.60. The SMILES string of the molecule is COC(C)CNc1ccc(C#N)c(Br)c1. The summed E-state index contributed by atoms with van der Waals surface area (Å²) in [6, 6.07) is 7.65. The van der Waals surface area contributed by atoms with Gasteiger partial charge in [0.25, 0.3) is 0 Å². The maximum absolute atomic E-state index is 8.75. The van der Waals surface area contributed by atoms with Gasteiger partial charge in [0.2, 0.25) is 0 Å². The number of anilines is 1. The van der Waals surface area contributed by atoms with E-state index in [0.717, 1.165) is 16.7 Å². The van der Waals surface area contributed by atoms with E-state index < -0.39 is 0 Å². The smallest absolute Gasteiger partial charge is 0.100 e. The Hall–Kier alpha value is -1.05. The summed E-state index contributed by atoms with van der Waals surface area (Å²) in [5.41, 5.74) is 1.62. The van der Waals surface area contributed by atoms with Gasteiger partial charge in [-0.3, -0.25) is 0 Å². The van der Waals surface area contributed by atoms with Crippen molar-refractivity contribution in [2.45, 2.75) is 13.0 Å². The lowest BCUT2D eigenvalue weighted by molar-refractivity contribution is 0.129. The standard InChI is InChI=1S/C11H13BrN2O/c1-8(15-2)7-14-10-4-3-9(6-13)11(12)5-10/h3-5,8,14H,7H2,1-2H3. The highest BCUT2D eigenvalue weighted by Crippen LogP contribution is 2.20. The molecule has 0 spiro atoms. The second kappa shape index (κ2) is 5.74. The molecule has 0 aliphatic rings. The van der Waals surface area contributed by atoms with Crippen molar-refractivity contribution in [3.8, 4) is 6.07 Å². The van der Waals surface area contributed by atoms with Crippen molar-refractivity contribution in [1.29, 1.82) is 5.26 Å². The molecule has 1 rings (SSSR count). The molecule has 0 heterocycles. The molecule has 0 saturated carbocycles. The molecule has 0 radical (unpaired) electrons. The van der Waals surface area contributed by atoms with Crippen molar-refractivity contribution in [1.82, 2.24) is 0 Å². The Bertz CT molecular complexity index is 373. The van der Waals surface area contributed by atoms with Crippen LogP contribution in [0.3, 0.4) is 0 Å². The number of nitrogens with zero attached hydrogens (tertiary/aromatic N) is 1. The van der Waals surface area contributed by atoms with Gasteiger partial charge in [-0.1, -0.05) is 0 Å². The summed E-state index contributed by atoms with van der Waals surface area (Å²) >= 11 is 3.34. The zero-order valence-corrected chi connectivity index (χ0v) is 10.3. The first kappa shape index (κ1) is 12.0. The van der Waals surface area contributed by atoms with Crippen molar-refractivity contribution in [3.63, 3.8) is 0 Å². The van der Waals surface area contributed by atoms with Crippen molar-refractivity contribution in [3.05, 3.63) is 28.2 Å². The van der Waals surface area contributed by atoms with Crippen LogP contribution in [0.2, 0.25) is 0 Å². The van der Waals surface area contributed by atoms with E-state index in [-0.39, 0.29) is 6.10 Å². The monoisotopic (exact) mass is 268 g/mol. The molecule has 1 unspecified atom stereocenters. The van der Waals surface area contributed by atoms with Crippen molar-refractivity contribution in [2.24, 2.45) is 0 Å². The second-order valence-electron chi connectivity index (χ2n) is 3.23. The van der Waals surface area contributed by atoms with Crippen LogP contribution in [0, 0.1) is 11.3 Å². The van der Waals surface area contributed by atoms with Gasteiger partial charge in [0.15, 0.2) is 0 Å². The fraction of sp³-hybridized carbons (Fsp3) is 0.364. The summed E-state index contributed by atoms with van der Waals surface area (Å²) in [6.45, 7) is 2.74. The third-order valence-electron chi connectivity index (χ3n) is 2.09. The van der Waals surface area contributed by atoms with Crippen LogP contribution in [0.5, 0.6) is 0 Å². The van der Waals surface area contributed by atoms with Crippen LogP contribution >= 0.6 is 15.9 Å². The van der Waals surface area contributed by atoms with Gasteiger partial charge in [-0.15, -0.1) is 0 Å². The van der Waals surface area contributed by atoms with Crippen LogP contribution in [-0.4, -0.2) is 19.8 Å². The normalized spacial score (nSPS) is 11.9. The Morgan fingerprint density at radius 2 is 2.33 bits per heavy atom. The molecule has 15 heavy (non-hydrogen) atoms. The van der Waals surface area contributed by atoms with E-state index in [0.29, 0.717) is 5.56 Å². The van der Waals surface area contributed by atoms with Gasteiger partial charge < -0.3 is 10.1 Å². The molecule has 0 aliphatic heterocycles. The number of rotatable bonds is 4. The summed E-state index contributed by atoms with van der Waals surface area (Å²) in [6.07, 6.45) is 0.166. The molecule has 0 aromatic heterocycles. The molecule has 1 aromatic rings. The van der Waals surface area contributed by atoms with Crippen LogP contribution in [0.15, 0.2) is 22.7 Å². The molecule has 0 amide bonds. The number of ether oxygens (including phenoxy) is 1. The van der Waals surface area contributed by atoms with Gasteiger partial charge in [-0.25, -0.2) is 0 Å². The van der Waals surface area contributed by atoms with Crippen molar-refractivity contribution in [2.75, 3.05) is 19.0 Å². The third-order valence-corrected chi connectivity index (χ3v) is 2.74. The lowest BCUT2D eigenvalue weighted by Gasteiger charge is -2.12. The molecule has 3 nitrogen and oxygen atoms in total. The molecule has 1 N–H and O–H groups in total. The van der Waals surface area contributed by atoms with Crippen molar-refractivity contribution < 1.29 is 4.74 Å². The van der Waals surface area contributed by atoms with Gasteiger partial charge >= 0.3 is 0 Å². The first-order chi connectivity index (χ1) is 7.17. The fourth-order valence-electron chi connectivity index (χ4n) is 1.06. The Balaban J connectivity index is 2.64. The summed E-state index contributed by atoms with van der Waals surface area (Å²) in [5, 5.41) is 12.0. The number of hydrogen-bond acceptors (Lipinski definition) is 3. The minimum Gasteiger partial charge on any atom is -0.382 e. The Labute approximate surface area is 98.2 Å². The molecule has 0 bridgehead atoms. The van der Waals surface area contributed by atoms with Gasteiger partial charge in [0.1, 0.15) is 6.07 Å². The topological polar surface area (TPSA) is 45.0 Å². The second-order valence-corrected chi connectivity index (χ2v) is 4.09. The number of methoxy groups -OCH3 is 1. The molecule has 1 atom stereocenters. The van der Waals surface area contributed by atoms with E-state index in [1.807, 2.05) is 19.1 Å². The highest BCUT2D eigenvalue weighted by atomic mass is 79.9. The van der Waals surface area contributed by atoms with E-state index in [1.165, 1.54) is 0 Å². The number of hydrogen-bond donors (Lipinski definition) is 1. The minimum absolute atomic E-state index is 0.166. The summed E-state index contributed by atoms with van der Waals surface area (Å²) in [4.78, 5) is 0. The molecule has 80 valence electrons. The van der Waals surface area contributed by atoms with E-state index in [1.54, 1.807) is 13.2 Å². The van der Waals surface area contributed by atoms with E-state index in [4.69, 9.17) is 10.00 Å². The van der Waals surface area contributed by atoms with Crippen LogP contribution in [0.25, 0.3) is 0 Å². The minimum atomic E-state index is 0.166. The molecule has 0 fully saturated rings. The van der Waals surface area contributed by atoms with Gasteiger partial charge in [-0.05, 0) is 41.1 Å². The molecular formula is C11H13BrN2O. The highest BCUT2D eigenvalue weighted by molar-refractivity contribution is 9.10. The van der Waals surface area contributed by atoms with Crippen molar-refractivity contribution >= 4 is 21.6 Å². The van der Waals surface area contributed by atoms with Crippen LogP contribution < -0.4 is 5.32 Å². The lowest BCUT2D eigenvalue weighted by Crippen LogP contribution is -2.17. The quantitative estimate of drug-likeness (QED) is 0.914. The molecule has 0 aliphatic carbocycles. The lowest BCUT2D eigenvalue weighted by atomic mass is 10.2. The first-order valence-electron chi connectivity index (χ1n) is 4.63. The van der Waals surface area contributed by atoms with E-state index in [9.17, 15) is 0 Å². The maximum Gasteiger partial charge on any atom is 0.100 e. The van der Waals surface area contributed by atoms with Crippen LogP contribution in [-0.2, 0) is 4.74 Å². The molecule has 4 heteroatoms. The number of nitrogens with one attached hydrogen (secondary N) is 1. The van der Waals surface area contributed by atoms with Gasteiger partial charge in [0.05, 0.1) is 11.7 Å². The summed E-state index contributed by atoms with van der Waals surface area (Å²) < 4.78 is 5.93. The van der Waals surface area contributed by atoms with E-state index in [2.05, 4.69) is 27.3 Å². The summed E-state index contributed by atoms with van der Waals surface area (Å²) in [7, 11) is 1.68. The predicted molar refractivity (Wildman–Crippen MR) is 63.8 cm³/mol. The molecule has 1 aromatic carbocycles. The Morgan fingerprint density at radius 1 is 1.60 bits per heavy atom. The van der Waals surface area contributed by atoms with E-state index >= 15 is 0 Å². The maximum atomic E-state index is 8.75. The van der Waals surface area contributed by atoms with Crippen LogP contribution in [0.4, 0.5) is 5.69 Å². The molecule has 0 saturated heterocycles. The average molecular weight is 269 g/mol. The number of nitriles is 1. The van der Waals surface area contributed by atoms with Gasteiger partial charge in [-0.2, -0.15) is 5.26 Å². The zero-order chi connectivity index (χ0) is 11.3. The predicted octanol–water partition coefficient (Wildman–Crippen LogP) is 2.77.